The minimum absolute atomic E-state index is 0.142. The maximum absolute atomic E-state index is 13.1. The lowest BCUT2D eigenvalue weighted by molar-refractivity contribution is -0.137. The van der Waals surface area contributed by atoms with E-state index in [0.29, 0.717) is 43.1 Å². The van der Waals surface area contributed by atoms with Crippen LogP contribution in [0.5, 0.6) is 0 Å². The Kier molecular flexibility index (Phi) is 5.64. The number of hydrogen-bond acceptors (Lipinski definition) is 7. The maximum Gasteiger partial charge on any atom is 0.263 e. The third kappa shape index (κ3) is 4.00. The highest BCUT2D eigenvalue weighted by molar-refractivity contribution is 7.89. The van der Waals surface area contributed by atoms with Gasteiger partial charge < -0.3 is 9.74 Å². The van der Waals surface area contributed by atoms with E-state index < -0.39 is 10.0 Å². The summed E-state index contributed by atoms with van der Waals surface area (Å²) in [6.45, 7) is 4.15. The third-order valence-corrected chi connectivity index (χ3v) is 9.00. The number of nitrogens with zero attached hydrogens (tertiary/aromatic N) is 5. The van der Waals surface area contributed by atoms with Gasteiger partial charge in [-0.3, -0.25) is 4.79 Å². The number of fused-ring (bicyclic) bond motifs is 2. The highest BCUT2D eigenvalue weighted by Gasteiger charge is 2.29. The number of aromatic nitrogens is 3. The standard InChI is InChI=1S/C21H25N5O4S2/c1-15-3-2-8-25(12-15)32(28,29)17-4-5-18-19(11-17)26(23-22-18)30-14-21(27)24-9-6-20-16(13-24)7-10-31-20/h4-5,7,10-11,15H,2-3,6,8-9,12-14H2,1H3. The van der Waals surface area contributed by atoms with Gasteiger partial charge in [-0.2, -0.15) is 4.31 Å². The third-order valence-electron chi connectivity index (χ3n) is 6.11. The average molecular weight is 476 g/mol. The molecule has 1 amide bonds. The van der Waals surface area contributed by atoms with Crippen molar-refractivity contribution >= 4 is 38.3 Å². The number of benzene rings is 1. The van der Waals surface area contributed by atoms with Crippen LogP contribution < -0.4 is 4.84 Å². The second-order valence-electron chi connectivity index (χ2n) is 8.43. The molecule has 5 rings (SSSR count). The number of thiophene rings is 1. The van der Waals surface area contributed by atoms with Gasteiger partial charge in [0.2, 0.25) is 10.0 Å². The molecule has 11 heteroatoms. The first-order valence-electron chi connectivity index (χ1n) is 10.7. The molecule has 1 saturated heterocycles. The van der Waals surface area contributed by atoms with Crippen molar-refractivity contribution in [2.45, 2.75) is 37.6 Å². The molecule has 9 nitrogen and oxygen atoms in total. The maximum atomic E-state index is 13.1. The Morgan fingerprint density at radius 2 is 2.16 bits per heavy atom. The number of hydrogen-bond donors (Lipinski definition) is 0. The van der Waals surface area contributed by atoms with Gasteiger partial charge in [0, 0.05) is 31.1 Å². The Morgan fingerprint density at radius 1 is 1.28 bits per heavy atom. The van der Waals surface area contributed by atoms with E-state index in [9.17, 15) is 13.2 Å². The lowest BCUT2D eigenvalue weighted by Gasteiger charge is -2.30. The zero-order chi connectivity index (χ0) is 22.3. The topological polar surface area (TPSA) is 97.6 Å². The summed E-state index contributed by atoms with van der Waals surface area (Å²) in [5.74, 6) is 0.195. The summed E-state index contributed by atoms with van der Waals surface area (Å²) in [5, 5.41) is 10.0. The molecule has 0 bridgehead atoms. The van der Waals surface area contributed by atoms with Crippen LogP contribution in [0.1, 0.15) is 30.2 Å². The number of sulfonamides is 1. The lowest BCUT2D eigenvalue weighted by atomic mass is 10.0. The van der Waals surface area contributed by atoms with Crippen LogP contribution in [-0.2, 0) is 27.8 Å². The second-order valence-corrected chi connectivity index (χ2v) is 11.4. The molecule has 1 aromatic carbocycles. The van der Waals surface area contributed by atoms with E-state index in [2.05, 4.69) is 23.3 Å². The molecule has 3 aromatic rings. The molecular weight excluding hydrogens is 450 g/mol. The molecule has 0 aliphatic carbocycles. The number of carbonyl (C=O) groups excluding carboxylic acids is 1. The molecule has 32 heavy (non-hydrogen) atoms. The summed E-state index contributed by atoms with van der Waals surface area (Å²) in [6.07, 6.45) is 2.74. The summed E-state index contributed by atoms with van der Waals surface area (Å²) in [6, 6.07) is 6.74. The van der Waals surface area contributed by atoms with Gasteiger partial charge in [-0.1, -0.05) is 11.8 Å². The Bertz CT molecular complexity index is 1250. The first-order chi connectivity index (χ1) is 15.4. The molecule has 2 aliphatic heterocycles. The van der Waals surface area contributed by atoms with Gasteiger partial charge >= 0.3 is 0 Å². The van der Waals surface area contributed by atoms with Gasteiger partial charge in [0.05, 0.1) is 4.90 Å². The molecule has 0 radical (unpaired) electrons. The predicted octanol–water partition coefficient (Wildman–Crippen LogP) is 1.93. The Morgan fingerprint density at radius 3 is 3.00 bits per heavy atom. The van der Waals surface area contributed by atoms with Crippen molar-refractivity contribution < 1.29 is 18.0 Å². The van der Waals surface area contributed by atoms with Gasteiger partial charge in [-0.15, -0.1) is 16.4 Å². The van der Waals surface area contributed by atoms with Crippen LogP contribution in [0.2, 0.25) is 0 Å². The fourth-order valence-corrected chi connectivity index (χ4v) is 6.83. The van der Waals surface area contributed by atoms with E-state index in [-0.39, 0.29) is 17.4 Å². The minimum atomic E-state index is -3.62. The van der Waals surface area contributed by atoms with E-state index in [1.54, 1.807) is 28.4 Å². The molecular formula is C21H25N5O4S2. The van der Waals surface area contributed by atoms with E-state index in [4.69, 9.17) is 4.84 Å². The van der Waals surface area contributed by atoms with E-state index in [1.807, 2.05) is 5.38 Å². The van der Waals surface area contributed by atoms with Crippen molar-refractivity contribution in [2.75, 3.05) is 26.2 Å². The van der Waals surface area contributed by atoms with Crippen LogP contribution >= 0.6 is 11.3 Å². The van der Waals surface area contributed by atoms with Gasteiger partial charge in [-0.25, -0.2) is 8.42 Å². The van der Waals surface area contributed by atoms with Gasteiger partial charge in [0.25, 0.3) is 5.91 Å². The van der Waals surface area contributed by atoms with Crippen molar-refractivity contribution in [3.8, 4) is 0 Å². The van der Waals surface area contributed by atoms with Crippen molar-refractivity contribution in [1.29, 1.82) is 0 Å². The minimum Gasteiger partial charge on any atom is -0.385 e. The quantitative estimate of drug-likeness (QED) is 0.559. The predicted molar refractivity (Wildman–Crippen MR) is 120 cm³/mol. The highest BCUT2D eigenvalue weighted by atomic mass is 32.2. The molecule has 2 aliphatic rings. The molecule has 1 unspecified atom stereocenters. The van der Waals surface area contributed by atoms with Crippen molar-refractivity contribution in [3.63, 3.8) is 0 Å². The monoisotopic (exact) mass is 475 g/mol. The summed E-state index contributed by atoms with van der Waals surface area (Å²) >= 11 is 1.72. The average Bonchev–Trinajstić information content (AvgIpc) is 3.43. The Balaban J connectivity index is 1.31. The van der Waals surface area contributed by atoms with Crippen molar-refractivity contribution in [1.82, 2.24) is 24.4 Å². The Hall–Kier alpha value is -2.50. The summed E-state index contributed by atoms with van der Waals surface area (Å²) < 4.78 is 27.8. The second kappa shape index (κ2) is 8.45. The zero-order valence-corrected chi connectivity index (χ0v) is 19.4. The largest absolute Gasteiger partial charge is 0.385 e. The number of piperidine rings is 1. The molecule has 0 spiro atoms. The van der Waals surface area contributed by atoms with Crippen molar-refractivity contribution in [3.05, 3.63) is 40.1 Å². The van der Waals surface area contributed by atoms with Crippen LogP contribution in [0.15, 0.2) is 34.5 Å². The molecule has 1 atom stereocenters. The smallest absolute Gasteiger partial charge is 0.263 e. The summed E-state index contributed by atoms with van der Waals surface area (Å²) in [7, 11) is -3.62. The SMILES string of the molecule is CC1CCCN(S(=O)(=O)c2ccc3nnn(OCC(=O)N4CCc5sccc5C4)c3c2)C1. The first-order valence-corrected chi connectivity index (χ1v) is 13.1. The number of carbonyl (C=O) groups is 1. The van der Waals surface area contributed by atoms with Gasteiger partial charge in [-0.05, 0) is 65.6 Å². The fraction of sp³-hybridized carbons (Fsp3) is 0.476. The van der Waals surface area contributed by atoms with Crippen LogP contribution in [0.3, 0.4) is 0 Å². The molecule has 1 fully saturated rings. The molecule has 4 heterocycles. The van der Waals surface area contributed by atoms with E-state index in [1.165, 1.54) is 20.8 Å². The number of amides is 1. The van der Waals surface area contributed by atoms with E-state index in [0.717, 1.165) is 24.1 Å². The zero-order valence-electron chi connectivity index (χ0n) is 17.8. The molecule has 170 valence electrons. The normalized spacial score (nSPS) is 19.8. The summed E-state index contributed by atoms with van der Waals surface area (Å²) in [5.41, 5.74) is 2.11. The van der Waals surface area contributed by atoms with Gasteiger partial charge in [0.15, 0.2) is 6.61 Å². The molecule has 2 aromatic heterocycles. The lowest BCUT2D eigenvalue weighted by Crippen LogP contribution is -2.39. The van der Waals surface area contributed by atoms with Crippen LogP contribution in [-0.4, -0.2) is 64.9 Å². The molecule has 0 N–H and O–H groups in total. The van der Waals surface area contributed by atoms with E-state index >= 15 is 0 Å². The molecule has 0 saturated carbocycles. The highest BCUT2D eigenvalue weighted by Crippen LogP contribution is 2.26. The fourth-order valence-electron chi connectivity index (χ4n) is 4.32. The van der Waals surface area contributed by atoms with Crippen molar-refractivity contribution in [2.24, 2.45) is 5.92 Å². The Labute approximate surface area is 190 Å². The van der Waals surface area contributed by atoms with Crippen LogP contribution in [0.25, 0.3) is 11.0 Å². The first kappa shape index (κ1) is 21.4. The van der Waals surface area contributed by atoms with Crippen LogP contribution in [0, 0.1) is 5.92 Å². The number of rotatable bonds is 5. The van der Waals surface area contributed by atoms with Crippen LogP contribution in [0.4, 0.5) is 0 Å². The van der Waals surface area contributed by atoms with Gasteiger partial charge in [0.1, 0.15) is 11.0 Å². The summed E-state index contributed by atoms with van der Waals surface area (Å²) in [4.78, 5) is 22.7.